The van der Waals surface area contributed by atoms with Gasteiger partial charge < -0.3 is 10.3 Å². The first-order valence-electron chi connectivity index (χ1n) is 8.10. The van der Waals surface area contributed by atoms with Crippen LogP contribution < -0.4 is 10.7 Å². The Morgan fingerprint density at radius 1 is 1.25 bits per heavy atom. The summed E-state index contributed by atoms with van der Waals surface area (Å²) in [5.74, 6) is -0.251. The highest BCUT2D eigenvalue weighted by molar-refractivity contribution is 5.74. The lowest BCUT2D eigenvalue weighted by atomic mass is 10.1. The van der Waals surface area contributed by atoms with Crippen LogP contribution in [0, 0.1) is 4.91 Å². The Kier molecular flexibility index (Phi) is 4.99. The molecular formula is C17H15F3N6O2. The number of hydrogen-bond donors (Lipinski definition) is 1. The van der Waals surface area contributed by atoms with E-state index >= 15 is 0 Å². The van der Waals surface area contributed by atoms with Crippen LogP contribution in [0.15, 0.2) is 46.5 Å². The van der Waals surface area contributed by atoms with Crippen molar-refractivity contribution >= 4 is 11.4 Å². The lowest BCUT2D eigenvalue weighted by Gasteiger charge is -2.21. The van der Waals surface area contributed by atoms with Crippen LogP contribution in [0.25, 0.3) is 22.8 Å². The number of nitrogen functional groups attached to an aromatic ring is 1. The summed E-state index contributed by atoms with van der Waals surface area (Å²) in [6.07, 6.45) is -2.70. The van der Waals surface area contributed by atoms with Crippen molar-refractivity contribution in [3.05, 3.63) is 47.1 Å². The van der Waals surface area contributed by atoms with Gasteiger partial charge >= 0.3 is 6.18 Å². The zero-order chi connectivity index (χ0) is 20.5. The zero-order valence-electron chi connectivity index (χ0n) is 14.8. The van der Waals surface area contributed by atoms with Crippen LogP contribution in [0.3, 0.4) is 0 Å². The van der Waals surface area contributed by atoms with E-state index in [2.05, 4.69) is 20.4 Å². The number of nitrogens with two attached hydrogens (primary N) is 1. The van der Waals surface area contributed by atoms with Crippen molar-refractivity contribution in [3.63, 3.8) is 0 Å². The number of nitroso groups, excluding NO2 is 1. The highest BCUT2D eigenvalue weighted by atomic mass is 19.4. The predicted octanol–water partition coefficient (Wildman–Crippen LogP) is 4.30. The van der Waals surface area contributed by atoms with E-state index in [9.17, 15) is 18.1 Å². The van der Waals surface area contributed by atoms with Crippen LogP contribution in [0.4, 0.5) is 24.5 Å². The average Bonchev–Trinajstić information content (AvgIpc) is 3.12. The van der Waals surface area contributed by atoms with Gasteiger partial charge in [-0.25, -0.2) is 5.01 Å². The summed E-state index contributed by atoms with van der Waals surface area (Å²) in [7, 11) is 0. The molecule has 0 saturated carbocycles. The molecule has 0 saturated heterocycles. The van der Waals surface area contributed by atoms with Gasteiger partial charge in [-0.3, -0.25) is 4.98 Å². The van der Waals surface area contributed by atoms with Crippen LogP contribution in [-0.2, 0) is 6.18 Å². The second-order valence-corrected chi connectivity index (χ2v) is 6.14. The minimum absolute atomic E-state index is 0.0201. The first-order valence-corrected chi connectivity index (χ1v) is 8.10. The van der Waals surface area contributed by atoms with E-state index in [1.54, 1.807) is 26.0 Å². The lowest BCUT2D eigenvalue weighted by Crippen LogP contribution is -2.24. The SMILES string of the molecule is CC(C)N(N=O)c1ccc(-c2nc(-c3ccncc3C(F)(F)F)no2)cc1N. The second kappa shape index (κ2) is 7.25. The molecule has 0 aliphatic heterocycles. The number of rotatable bonds is 5. The lowest BCUT2D eigenvalue weighted by molar-refractivity contribution is -0.137. The third kappa shape index (κ3) is 3.63. The molecule has 146 valence electrons. The van der Waals surface area contributed by atoms with Crippen molar-refractivity contribution < 1.29 is 17.7 Å². The number of nitrogens with zero attached hydrogens (tertiary/aromatic N) is 5. The normalized spacial score (nSPS) is 11.6. The summed E-state index contributed by atoms with van der Waals surface area (Å²) in [5, 5.41) is 7.77. The van der Waals surface area contributed by atoms with Gasteiger partial charge in [0.15, 0.2) is 0 Å². The summed E-state index contributed by atoms with van der Waals surface area (Å²) in [5.41, 5.74) is 5.77. The summed E-state index contributed by atoms with van der Waals surface area (Å²) >= 11 is 0. The number of pyridine rings is 1. The van der Waals surface area contributed by atoms with Crippen LogP contribution in [-0.4, -0.2) is 21.2 Å². The molecule has 2 N–H and O–H groups in total. The molecule has 0 aliphatic rings. The Bertz CT molecular complexity index is 1000. The maximum absolute atomic E-state index is 13.2. The highest BCUT2D eigenvalue weighted by Crippen LogP contribution is 2.36. The highest BCUT2D eigenvalue weighted by Gasteiger charge is 2.35. The molecule has 3 rings (SSSR count). The number of halogens is 3. The van der Waals surface area contributed by atoms with Gasteiger partial charge in [0.2, 0.25) is 5.82 Å². The molecule has 3 aromatic rings. The van der Waals surface area contributed by atoms with Gasteiger partial charge in [0.1, 0.15) is 0 Å². The molecule has 0 atom stereocenters. The van der Waals surface area contributed by atoms with Crippen molar-refractivity contribution in [1.82, 2.24) is 15.1 Å². The number of benzene rings is 1. The fourth-order valence-corrected chi connectivity index (χ4v) is 2.58. The fourth-order valence-electron chi connectivity index (χ4n) is 2.58. The third-order valence-corrected chi connectivity index (χ3v) is 3.89. The van der Waals surface area contributed by atoms with E-state index in [0.29, 0.717) is 17.4 Å². The molecule has 2 aromatic heterocycles. The van der Waals surface area contributed by atoms with Gasteiger partial charge in [0.05, 0.1) is 28.3 Å². The van der Waals surface area contributed by atoms with E-state index in [4.69, 9.17) is 10.3 Å². The van der Waals surface area contributed by atoms with Crippen molar-refractivity contribution in [3.8, 4) is 22.8 Å². The Hall–Kier alpha value is -3.50. The van der Waals surface area contributed by atoms with Gasteiger partial charge in [-0.15, -0.1) is 4.91 Å². The van der Waals surface area contributed by atoms with E-state index in [0.717, 1.165) is 6.07 Å². The molecule has 2 heterocycles. The molecule has 0 unspecified atom stereocenters. The number of anilines is 2. The van der Waals surface area contributed by atoms with Gasteiger partial charge in [-0.2, -0.15) is 18.2 Å². The molecule has 11 heteroatoms. The van der Waals surface area contributed by atoms with Crippen LogP contribution in [0.5, 0.6) is 0 Å². The molecule has 28 heavy (non-hydrogen) atoms. The van der Waals surface area contributed by atoms with Crippen molar-refractivity contribution in [2.45, 2.75) is 26.1 Å². The summed E-state index contributed by atoms with van der Waals surface area (Å²) in [6, 6.07) is 5.52. The number of alkyl halides is 3. The van der Waals surface area contributed by atoms with Gasteiger partial charge in [-0.05, 0) is 38.1 Å². The zero-order valence-corrected chi connectivity index (χ0v) is 14.8. The molecule has 0 bridgehead atoms. The van der Waals surface area contributed by atoms with E-state index < -0.39 is 11.7 Å². The largest absolute Gasteiger partial charge is 0.418 e. The molecular weight excluding hydrogens is 377 g/mol. The minimum atomic E-state index is -4.61. The van der Waals surface area contributed by atoms with Crippen molar-refractivity contribution in [2.24, 2.45) is 5.29 Å². The van der Waals surface area contributed by atoms with Gasteiger partial charge in [0.25, 0.3) is 5.89 Å². The topological polar surface area (TPSA) is 110 Å². The van der Waals surface area contributed by atoms with Crippen LogP contribution in [0.2, 0.25) is 0 Å². The first-order chi connectivity index (χ1) is 13.2. The molecule has 0 spiro atoms. The molecule has 0 amide bonds. The predicted molar refractivity (Wildman–Crippen MR) is 95.8 cm³/mol. The van der Waals surface area contributed by atoms with Gasteiger partial charge in [0, 0.05) is 23.5 Å². The average molecular weight is 392 g/mol. The summed E-state index contributed by atoms with van der Waals surface area (Å²) < 4.78 is 44.6. The monoisotopic (exact) mass is 392 g/mol. The Morgan fingerprint density at radius 2 is 2.00 bits per heavy atom. The van der Waals surface area contributed by atoms with E-state index in [1.807, 2.05) is 0 Å². The van der Waals surface area contributed by atoms with Gasteiger partial charge in [-0.1, -0.05) is 5.16 Å². The standard InChI is InChI=1S/C17H15F3N6O2/c1-9(2)26(25-27)14-4-3-10(7-13(14)21)16-23-15(24-28-16)11-5-6-22-8-12(11)17(18,19)20/h3-9H,21H2,1-2H3. The number of aromatic nitrogens is 3. The second-order valence-electron chi connectivity index (χ2n) is 6.14. The fraction of sp³-hybridized carbons (Fsp3) is 0.235. The van der Waals surface area contributed by atoms with E-state index in [1.165, 1.54) is 17.3 Å². The minimum Gasteiger partial charge on any atom is -0.397 e. The third-order valence-electron chi connectivity index (χ3n) is 3.89. The molecule has 8 nitrogen and oxygen atoms in total. The molecule has 1 aromatic carbocycles. The quantitative estimate of drug-likeness (QED) is 0.392. The maximum Gasteiger partial charge on any atom is 0.418 e. The van der Waals surface area contributed by atoms with Crippen LogP contribution in [0.1, 0.15) is 19.4 Å². The Balaban J connectivity index is 1.98. The molecule has 0 aliphatic carbocycles. The van der Waals surface area contributed by atoms with Crippen molar-refractivity contribution in [1.29, 1.82) is 0 Å². The Labute approximate surface area is 157 Å². The molecule has 0 fully saturated rings. The van der Waals surface area contributed by atoms with Crippen molar-refractivity contribution in [2.75, 3.05) is 10.7 Å². The van der Waals surface area contributed by atoms with E-state index in [-0.39, 0.29) is 29.0 Å². The summed E-state index contributed by atoms with van der Waals surface area (Å²) in [4.78, 5) is 18.5. The molecule has 0 radical (unpaired) electrons. The van der Waals surface area contributed by atoms with Crippen LogP contribution >= 0.6 is 0 Å². The first kappa shape index (κ1) is 19.3. The number of hydrogen-bond acceptors (Lipinski definition) is 7. The smallest absolute Gasteiger partial charge is 0.397 e. The summed E-state index contributed by atoms with van der Waals surface area (Å²) in [6.45, 7) is 3.54. The Morgan fingerprint density at radius 3 is 2.61 bits per heavy atom. The maximum atomic E-state index is 13.2.